The molecule has 0 aromatic heterocycles. The van der Waals surface area contributed by atoms with Crippen LogP contribution in [-0.2, 0) is 10.8 Å². The van der Waals surface area contributed by atoms with Gasteiger partial charge in [0, 0.05) is 54.5 Å². The second-order valence-electron chi connectivity index (χ2n) is 7.19. The summed E-state index contributed by atoms with van der Waals surface area (Å²) < 4.78 is 11.5. The van der Waals surface area contributed by atoms with E-state index in [1.54, 1.807) is 0 Å². The highest BCUT2D eigenvalue weighted by molar-refractivity contribution is 7.85. The van der Waals surface area contributed by atoms with Crippen molar-refractivity contribution in [2.45, 2.75) is 57.4 Å². The van der Waals surface area contributed by atoms with Gasteiger partial charge in [0.15, 0.2) is 0 Å². The number of nitrogens with one attached hydrogen (secondary N) is 1. The Labute approximate surface area is 126 Å². The summed E-state index contributed by atoms with van der Waals surface area (Å²) in [6.07, 6.45) is 11.2. The minimum absolute atomic E-state index is 0.498. The van der Waals surface area contributed by atoms with Crippen molar-refractivity contribution in [1.82, 2.24) is 10.2 Å². The third kappa shape index (κ3) is 4.28. The van der Waals surface area contributed by atoms with Gasteiger partial charge in [-0.25, -0.2) is 0 Å². The van der Waals surface area contributed by atoms with E-state index in [-0.39, 0.29) is 0 Å². The zero-order valence-corrected chi connectivity index (χ0v) is 13.6. The van der Waals surface area contributed by atoms with Crippen molar-refractivity contribution in [3.05, 3.63) is 0 Å². The van der Waals surface area contributed by atoms with Gasteiger partial charge in [-0.15, -0.1) is 0 Å². The molecule has 0 bridgehead atoms. The van der Waals surface area contributed by atoms with Crippen molar-refractivity contribution in [2.75, 3.05) is 37.7 Å². The van der Waals surface area contributed by atoms with Gasteiger partial charge in [-0.05, 0) is 31.1 Å². The standard InChI is InChI=1S/C16H30N2OS/c19-20-11-9-18(10-12-20)14-16(13-17-15-5-6-15)7-3-1-2-4-8-16/h15,17H,1-14H2. The summed E-state index contributed by atoms with van der Waals surface area (Å²) >= 11 is 0. The highest BCUT2D eigenvalue weighted by Gasteiger charge is 2.35. The molecule has 0 aromatic carbocycles. The molecule has 3 rings (SSSR count). The van der Waals surface area contributed by atoms with Crippen LogP contribution in [0.4, 0.5) is 0 Å². The third-order valence-electron chi connectivity index (χ3n) is 5.34. The smallest absolute Gasteiger partial charge is 0.0363 e. The fourth-order valence-electron chi connectivity index (χ4n) is 3.83. The Bertz CT molecular complexity index is 325. The molecule has 116 valence electrons. The first kappa shape index (κ1) is 15.0. The quantitative estimate of drug-likeness (QED) is 0.789. The van der Waals surface area contributed by atoms with E-state index >= 15 is 0 Å². The van der Waals surface area contributed by atoms with Gasteiger partial charge in [-0.2, -0.15) is 0 Å². The van der Waals surface area contributed by atoms with Crippen LogP contribution in [0.3, 0.4) is 0 Å². The molecule has 0 radical (unpaired) electrons. The average molecular weight is 298 g/mol. The highest BCUT2D eigenvalue weighted by Crippen LogP contribution is 2.36. The van der Waals surface area contributed by atoms with Crippen LogP contribution >= 0.6 is 0 Å². The average Bonchev–Trinajstić information content (AvgIpc) is 3.27. The topological polar surface area (TPSA) is 32.3 Å². The molecule has 3 aliphatic rings. The maximum absolute atomic E-state index is 11.5. The molecule has 1 N–H and O–H groups in total. The molecule has 1 saturated heterocycles. The summed E-state index contributed by atoms with van der Waals surface area (Å²) in [5, 5.41) is 3.81. The van der Waals surface area contributed by atoms with Crippen molar-refractivity contribution in [3.63, 3.8) is 0 Å². The first-order valence-electron chi connectivity index (χ1n) is 8.57. The van der Waals surface area contributed by atoms with Crippen LogP contribution < -0.4 is 5.32 Å². The summed E-state index contributed by atoms with van der Waals surface area (Å²) in [4.78, 5) is 2.60. The zero-order valence-electron chi connectivity index (χ0n) is 12.7. The number of nitrogens with zero attached hydrogens (tertiary/aromatic N) is 1. The molecule has 2 aliphatic carbocycles. The van der Waals surface area contributed by atoms with Gasteiger partial charge in [0.05, 0.1) is 0 Å². The molecule has 0 atom stereocenters. The zero-order chi connectivity index (χ0) is 13.8. The summed E-state index contributed by atoms with van der Waals surface area (Å²) in [7, 11) is -0.543. The van der Waals surface area contributed by atoms with Crippen LogP contribution in [-0.4, -0.2) is 52.8 Å². The minimum atomic E-state index is -0.543. The fourth-order valence-corrected chi connectivity index (χ4v) is 4.95. The second kappa shape index (κ2) is 6.89. The van der Waals surface area contributed by atoms with E-state index in [1.807, 2.05) is 0 Å². The van der Waals surface area contributed by atoms with Gasteiger partial charge in [-0.3, -0.25) is 4.21 Å². The highest BCUT2D eigenvalue weighted by atomic mass is 32.2. The fraction of sp³-hybridized carbons (Fsp3) is 1.00. The van der Waals surface area contributed by atoms with Crippen molar-refractivity contribution < 1.29 is 4.21 Å². The van der Waals surface area contributed by atoms with Gasteiger partial charge in [0.25, 0.3) is 0 Å². The van der Waals surface area contributed by atoms with E-state index in [0.717, 1.165) is 30.6 Å². The molecular formula is C16H30N2OS. The molecule has 3 fully saturated rings. The molecule has 0 aromatic rings. The lowest BCUT2D eigenvalue weighted by atomic mass is 9.79. The van der Waals surface area contributed by atoms with Gasteiger partial charge in [0.2, 0.25) is 0 Å². The molecule has 3 nitrogen and oxygen atoms in total. The summed E-state index contributed by atoms with van der Waals surface area (Å²) in [6.45, 7) is 4.57. The van der Waals surface area contributed by atoms with Crippen LogP contribution in [0.5, 0.6) is 0 Å². The first-order chi connectivity index (χ1) is 9.76. The number of hydrogen-bond donors (Lipinski definition) is 1. The van der Waals surface area contributed by atoms with Crippen LogP contribution in [0.25, 0.3) is 0 Å². The van der Waals surface area contributed by atoms with Crippen LogP contribution in [0.15, 0.2) is 0 Å². The predicted molar refractivity (Wildman–Crippen MR) is 85.5 cm³/mol. The van der Waals surface area contributed by atoms with Crippen molar-refractivity contribution in [3.8, 4) is 0 Å². The van der Waals surface area contributed by atoms with E-state index in [2.05, 4.69) is 10.2 Å². The van der Waals surface area contributed by atoms with Crippen molar-refractivity contribution in [1.29, 1.82) is 0 Å². The molecule has 0 unspecified atom stereocenters. The molecule has 1 heterocycles. The summed E-state index contributed by atoms with van der Waals surface area (Å²) in [5.74, 6) is 1.79. The largest absolute Gasteiger partial charge is 0.313 e. The van der Waals surface area contributed by atoms with Crippen molar-refractivity contribution in [2.24, 2.45) is 5.41 Å². The van der Waals surface area contributed by atoms with E-state index in [9.17, 15) is 4.21 Å². The van der Waals surface area contributed by atoms with Gasteiger partial charge >= 0.3 is 0 Å². The van der Waals surface area contributed by atoms with E-state index in [1.165, 1.54) is 64.5 Å². The molecule has 4 heteroatoms. The lowest BCUT2D eigenvalue weighted by Gasteiger charge is -2.39. The monoisotopic (exact) mass is 298 g/mol. The SMILES string of the molecule is O=S1CCN(CC2(CNC3CC3)CCCCCC2)CC1. The molecule has 20 heavy (non-hydrogen) atoms. The Morgan fingerprint density at radius 3 is 2.30 bits per heavy atom. The molecule has 1 aliphatic heterocycles. The van der Waals surface area contributed by atoms with E-state index in [0.29, 0.717) is 5.41 Å². The molecular weight excluding hydrogens is 268 g/mol. The Kier molecular flexibility index (Phi) is 5.16. The van der Waals surface area contributed by atoms with Crippen molar-refractivity contribution >= 4 is 10.8 Å². The molecule has 0 spiro atoms. The Morgan fingerprint density at radius 1 is 1.05 bits per heavy atom. The summed E-state index contributed by atoms with van der Waals surface area (Å²) in [6, 6.07) is 0.823. The normalized spacial score (nSPS) is 29.2. The molecule has 0 amide bonds. The Balaban J connectivity index is 1.58. The van der Waals surface area contributed by atoms with Crippen LogP contribution in [0.1, 0.15) is 51.4 Å². The molecule has 2 saturated carbocycles. The van der Waals surface area contributed by atoms with Gasteiger partial charge < -0.3 is 10.2 Å². The Morgan fingerprint density at radius 2 is 1.70 bits per heavy atom. The number of rotatable bonds is 5. The minimum Gasteiger partial charge on any atom is -0.313 e. The Hall–Kier alpha value is 0.0700. The van der Waals surface area contributed by atoms with Gasteiger partial charge in [0.1, 0.15) is 0 Å². The lowest BCUT2D eigenvalue weighted by Crippen LogP contribution is -2.48. The van der Waals surface area contributed by atoms with Gasteiger partial charge in [-0.1, -0.05) is 25.7 Å². The number of hydrogen-bond acceptors (Lipinski definition) is 3. The van der Waals surface area contributed by atoms with Crippen LogP contribution in [0, 0.1) is 5.41 Å². The second-order valence-corrected chi connectivity index (χ2v) is 8.89. The maximum atomic E-state index is 11.5. The maximum Gasteiger partial charge on any atom is 0.0363 e. The first-order valence-corrected chi connectivity index (χ1v) is 10.1. The third-order valence-corrected chi connectivity index (χ3v) is 6.61. The van der Waals surface area contributed by atoms with E-state index in [4.69, 9.17) is 0 Å². The van der Waals surface area contributed by atoms with Crippen LogP contribution in [0.2, 0.25) is 0 Å². The van der Waals surface area contributed by atoms with E-state index < -0.39 is 10.8 Å². The predicted octanol–water partition coefficient (Wildman–Crippen LogP) is 2.14. The summed E-state index contributed by atoms with van der Waals surface area (Å²) in [5.41, 5.74) is 0.498. The lowest BCUT2D eigenvalue weighted by molar-refractivity contribution is 0.133.